The molecule has 2 amide bonds. The van der Waals surface area contributed by atoms with Crippen LogP contribution in [-0.4, -0.2) is 63.1 Å². The summed E-state index contributed by atoms with van der Waals surface area (Å²) in [5.74, 6) is -3.99. The summed E-state index contributed by atoms with van der Waals surface area (Å²) < 4.78 is 63.0. The summed E-state index contributed by atoms with van der Waals surface area (Å²) >= 11 is 0. The van der Waals surface area contributed by atoms with Crippen molar-refractivity contribution < 1.29 is 26.4 Å². The molecule has 138 valence electrons. The highest BCUT2D eigenvalue weighted by Gasteiger charge is 2.31. The summed E-state index contributed by atoms with van der Waals surface area (Å²) in [5, 5.41) is 2.69. The number of carbonyl (C=O) groups is 1. The average Bonchev–Trinajstić information content (AvgIpc) is 2.91. The Kier molecular flexibility index (Phi) is 4.81. The number of amides is 2. The molecule has 0 spiro atoms. The Morgan fingerprint density at radius 3 is 2.36 bits per heavy atom. The van der Waals surface area contributed by atoms with Crippen LogP contribution in [0.4, 0.5) is 23.7 Å². The molecule has 0 saturated carbocycles. The van der Waals surface area contributed by atoms with Gasteiger partial charge in [-0.05, 0) is 18.6 Å². The number of anilines is 1. The molecule has 10 heteroatoms. The minimum absolute atomic E-state index is 0.0409. The first kappa shape index (κ1) is 17.8. The van der Waals surface area contributed by atoms with Gasteiger partial charge in [-0.3, -0.25) is 0 Å². The molecule has 1 aromatic rings. The van der Waals surface area contributed by atoms with Crippen molar-refractivity contribution in [2.75, 3.05) is 42.6 Å². The number of halogens is 3. The Labute approximate surface area is 143 Å². The lowest BCUT2D eigenvalue weighted by atomic mass is 10.2. The number of piperazine rings is 1. The summed E-state index contributed by atoms with van der Waals surface area (Å²) in [6.07, 6.45) is 0.397. The van der Waals surface area contributed by atoms with Gasteiger partial charge in [0.25, 0.3) is 0 Å². The van der Waals surface area contributed by atoms with Crippen LogP contribution < -0.4 is 10.2 Å². The summed E-state index contributed by atoms with van der Waals surface area (Å²) in [7, 11) is -3.08. The molecule has 2 fully saturated rings. The van der Waals surface area contributed by atoms with Gasteiger partial charge in [0, 0.05) is 32.2 Å². The number of hydrogen-bond acceptors (Lipinski definition) is 4. The Morgan fingerprint density at radius 1 is 1.08 bits per heavy atom. The lowest BCUT2D eigenvalue weighted by Crippen LogP contribution is -2.53. The lowest BCUT2D eigenvalue weighted by molar-refractivity contribution is 0.191. The fourth-order valence-corrected chi connectivity index (χ4v) is 4.76. The number of nitrogens with zero attached hydrogens (tertiary/aromatic N) is 2. The van der Waals surface area contributed by atoms with E-state index in [0.29, 0.717) is 6.42 Å². The predicted octanol–water partition coefficient (Wildman–Crippen LogP) is 1.12. The first-order valence-corrected chi connectivity index (χ1v) is 9.73. The van der Waals surface area contributed by atoms with Crippen LogP contribution in [-0.2, 0) is 9.84 Å². The summed E-state index contributed by atoms with van der Waals surface area (Å²) in [6, 6.07) is 1.28. The Hall–Kier alpha value is -1.97. The molecule has 0 aliphatic carbocycles. The SMILES string of the molecule is O=C(NC1CCS(=O)(=O)C1)N1CCN(c2ccc(F)c(F)c2F)CC1. The Bertz CT molecular complexity index is 780. The molecule has 25 heavy (non-hydrogen) atoms. The van der Waals surface area contributed by atoms with Gasteiger partial charge < -0.3 is 15.1 Å². The highest BCUT2D eigenvalue weighted by Crippen LogP contribution is 2.24. The molecule has 1 N–H and O–H groups in total. The number of rotatable bonds is 2. The zero-order valence-electron chi connectivity index (χ0n) is 13.3. The van der Waals surface area contributed by atoms with E-state index in [9.17, 15) is 26.4 Å². The van der Waals surface area contributed by atoms with E-state index >= 15 is 0 Å². The van der Waals surface area contributed by atoms with E-state index in [2.05, 4.69) is 5.32 Å². The van der Waals surface area contributed by atoms with E-state index in [-0.39, 0.29) is 55.4 Å². The van der Waals surface area contributed by atoms with E-state index in [1.165, 1.54) is 11.0 Å². The minimum atomic E-state index is -3.08. The quantitative estimate of drug-likeness (QED) is 0.785. The second kappa shape index (κ2) is 6.74. The normalized spacial score (nSPS) is 22.9. The zero-order chi connectivity index (χ0) is 18.2. The molecular formula is C15H18F3N3O3S. The molecule has 2 heterocycles. The van der Waals surface area contributed by atoms with E-state index in [1.807, 2.05) is 0 Å². The highest BCUT2D eigenvalue weighted by molar-refractivity contribution is 7.91. The summed E-state index contributed by atoms with van der Waals surface area (Å²) in [4.78, 5) is 15.2. The van der Waals surface area contributed by atoms with Gasteiger partial charge in [-0.15, -0.1) is 0 Å². The largest absolute Gasteiger partial charge is 0.366 e. The summed E-state index contributed by atoms with van der Waals surface area (Å²) in [6.45, 7) is 1.06. The van der Waals surface area contributed by atoms with Crippen molar-refractivity contribution in [2.24, 2.45) is 0 Å². The van der Waals surface area contributed by atoms with Crippen molar-refractivity contribution in [2.45, 2.75) is 12.5 Å². The molecule has 3 rings (SSSR count). The maximum absolute atomic E-state index is 13.8. The van der Waals surface area contributed by atoms with Crippen LogP contribution in [0.5, 0.6) is 0 Å². The van der Waals surface area contributed by atoms with Crippen LogP contribution in [0, 0.1) is 17.5 Å². The van der Waals surface area contributed by atoms with Crippen LogP contribution in [0.25, 0.3) is 0 Å². The van der Waals surface area contributed by atoms with Crippen molar-refractivity contribution >= 4 is 21.6 Å². The van der Waals surface area contributed by atoms with Gasteiger partial charge in [-0.25, -0.2) is 26.4 Å². The molecule has 0 radical (unpaired) electrons. The molecule has 1 atom stereocenters. The molecule has 2 saturated heterocycles. The van der Waals surface area contributed by atoms with Gasteiger partial charge in [0.15, 0.2) is 27.3 Å². The van der Waals surface area contributed by atoms with E-state index in [0.717, 1.165) is 6.07 Å². The maximum atomic E-state index is 13.8. The first-order valence-electron chi connectivity index (χ1n) is 7.91. The summed E-state index contributed by atoms with van der Waals surface area (Å²) in [5.41, 5.74) is -0.0409. The topological polar surface area (TPSA) is 69.7 Å². The number of sulfone groups is 1. The van der Waals surface area contributed by atoms with Gasteiger partial charge in [-0.1, -0.05) is 0 Å². The second-order valence-corrected chi connectivity index (χ2v) is 8.45. The van der Waals surface area contributed by atoms with Gasteiger partial charge in [0.2, 0.25) is 0 Å². The zero-order valence-corrected chi connectivity index (χ0v) is 14.2. The second-order valence-electron chi connectivity index (χ2n) is 6.22. The number of carbonyl (C=O) groups excluding carboxylic acids is 1. The van der Waals surface area contributed by atoms with Crippen molar-refractivity contribution in [3.63, 3.8) is 0 Å². The monoisotopic (exact) mass is 377 g/mol. The first-order chi connectivity index (χ1) is 11.8. The van der Waals surface area contributed by atoms with Crippen molar-refractivity contribution in [3.05, 3.63) is 29.6 Å². The van der Waals surface area contributed by atoms with E-state index in [1.54, 1.807) is 4.90 Å². The standard InChI is InChI=1S/C15H18F3N3O3S/c16-11-1-2-12(14(18)13(11)17)20-4-6-21(7-5-20)15(22)19-10-3-8-25(23,24)9-10/h1-2,10H,3-9H2,(H,19,22). The third-order valence-corrected chi connectivity index (χ3v) is 6.25. The van der Waals surface area contributed by atoms with Crippen molar-refractivity contribution in [1.29, 1.82) is 0 Å². The van der Waals surface area contributed by atoms with Crippen LogP contribution >= 0.6 is 0 Å². The lowest BCUT2D eigenvalue weighted by Gasteiger charge is -2.36. The maximum Gasteiger partial charge on any atom is 0.317 e. The van der Waals surface area contributed by atoms with Crippen LogP contribution in [0.1, 0.15) is 6.42 Å². The number of nitrogens with one attached hydrogen (secondary N) is 1. The Morgan fingerprint density at radius 2 is 1.76 bits per heavy atom. The molecule has 2 aliphatic heterocycles. The third-order valence-electron chi connectivity index (χ3n) is 4.48. The van der Waals surface area contributed by atoms with E-state index in [4.69, 9.17) is 0 Å². The molecule has 2 aliphatic rings. The fraction of sp³-hybridized carbons (Fsp3) is 0.533. The fourth-order valence-electron chi connectivity index (χ4n) is 3.09. The van der Waals surface area contributed by atoms with Crippen molar-refractivity contribution in [3.8, 4) is 0 Å². The minimum Gasteiger partial charge on any atom is -0.366 e. The average molecular weight is 377 g/mol. The van der Waals surface area contributed by atoms with Gasteiger partial charge >= 0.3 is 6.03 Å². The van der Waals surface area contributed by atoms with E-state index < -0.39 is 27.3 Å². The Balaban J connectivity index is 1.57. The molecule has 0 aromatic heterocycles. The number of benzene rings is 1. The van der Waals surface area contributed by atoms with Crippen LogP contribution in [0.15, 0.2) is 12.1 Å². The van der Waals surface area contributed by atoms with Gasteiger partial charge in [0.1, 0.15) is 0 Å². The molecule has 0 bridgehead atoms. The molecule has 1 aromatic carbocycles. The third kappa shape index (κ3) is 3.83. The predicted molar refractivity (Wildman–Crippen MR) is 85.7 cm³/mol. The van der Waals surface area contributed by atoms with Crippen LogP contribution in [0.2, 0.25) is 0 Å². The molecule has 6 nitrogen and oxygen atoms in total. The van der Waals surface area contributed by atoms with Crippen LogP contribution in [0.3, 0.4) is 0 Å². The van der Waals surface area contributed by atoms with Gasteiger partial charge in [-0.2, -0.15) is 0 Å². The number of urea groups is 1. The molecular weight excluding hydrogens is 359 g/mol. The molecule has 1 unspecified atom stereocenters. The van der Waals surface area contributed by atoms with Crippen molar-refractivity contribution in [1.82, 2.24) is 10.2 Å². The number of hydrogen-bond donors (Lipinski definition) is 1. The van der Waals surface area contributed by atoms with Gasteiger partial charge in [0.05, 0.1) is 17.2 Å². The smallest absolute Gasteiger partial charge is 0.317 e. The highest BCUT2D eigenvalue weighted by atomic mass is 32.2.